The van der Waals surface area contributed by atoms with Crippen LogP contribution in [0.25, 0.3) is 16.9 Å². The number of nitrogens with two attached hydrogens (primary N) is 1. The van der Waals surface area contributed by atoms with Crippen molar-refractivity contribution in [2.45, 2.75) is 5.66 Å². The molecule has 0 aliphatic heterocycles. The highest BCUT2D eigenvalue weighted by Crippen LogP contribution is 2.55. The molecular weight excluding hydrogens is 406 g/mol. The lowest BCUT2D eigenvalue weighted by Crippen LogP contribution is -2.04. The highest BCUT2D eigenvalue weighted by molar-refractivity contribution is 7.52. The summed E-state index contributed by atoms with van der Waals surface area (Å²) in [5, 5.41) is 8.28. The molecule has 0 saturated heterocycles. The molecule has 0 saturated carbocycles. The zero-order valence-corrected chi connectivity index (χ0v) is 16.5. The molecule has 4 rings (SSSR count). The minimum Gasteiger partial charge on any atom is -0.399 e. The molecule has 0 radical (unpaired) electrons. The molecular formula is C21H18FN4O3P. The van der Waals surface area contributed by atoms with Gasteiger partial charge in [-0.05, 0) is 47.5 Å². The third-order valence-corrected chi connectivity index (χ3v) is 5.92. The van der Waals surface area contributed by atoms with Crippen molar-refractivity contribution in [2.24, 2.45) is 0 Å². The first-order valence-corrected chi connectivity index (χ1v) is 10.7. The molecule has 1 unspecified atom stereocenters. The van der Waals surface area contributed by atoms with Crippen molar-refractivity contribution >= 4 is 13.3 Å². The molecule has 30 heavy (non-hydrogen) atoms. The maximum absolute atomic E-state index is 13.3. The second kappa shape index (κ2) is 7.84. The first-order chi connectivity index (χ1) is 14.3. The van der Waals surface area contributed by atoms with E-state index in [0.717, 1.165) is 5.56 Å². The van der Waals surface area contributed by atoms with E-state index in [9.17, 15) is 18.7 Å². The van der Waals surface area contributed by atoms with E-state index in [0.29, 0.717) is 28.2 Å². The van der Waals surface area contributed by atoms with E-state index in [1.54, 1.807) is 42.6 Å². The van der Waals surface area contributed by atoms with Crippen molar-refractivity contribution in [3.8, 4) is 16.9 Å². The minimum atomic E-state index is -4.58. The Morgan fingerprint density at radius 2 is 1.70 bits per heavy atom. The number of nitrogens with zero attached hydrogens (tertiary/aromatic N) is 3. The monoisotopic (exact) mass is 424 g/mol. The first kappa shape index (κ1) is 20.0. The van der Waals surface area contributed by atoms with Crippen LogP contribution in [0.4, 0.5) is 10.1 Å². The van der Waals surface area contributed by atoms with E-state index < -0.39 is 19.1 Å². The van der Waals surface area contributed by atoms with Gasteiger partial charge in [-0.3, -0.25) is 4.57 Å². The van der Waals surface area contributed by atoms with Crippen molar-refractivity contribution < 1.29 is 18.7 Å². The van der Waals surface area contributed by atoms with Crippen molar-refractivity contribution in [2.75, 3.05) is 5.73 Å². The summed E-state index contributed by atoms with van der Waals surface area (Å²) in [7, 11) is -4.58. The predicted molar refractivity (Wildman–Crippen MR) is 111 cm³/mol. The molecule has 4 N–H and O–H groups in total. The first-order valence-electron chi connectivity index (χ1n) is 9.00. The van der Waals surface area contributed by atoms with Gasteiger partial charge in [0.1, 0.15) is 17.2 Å². The van der Waals surface area contributed by atoms with Crippen LogP contribution in [-0.4, -0.2) is 24.8 Å². The van der Waals surface area contributed by atoms with Crippen molar-refractivity contribution in [3.05, 3.63) is 95.9 Å². The SMILES string of the molecule is Nc1cccc(-c2cn(-c3cccc(C(c4ccc(F)cc4)P(=O)(O)O)c3)nn2)c1. The average Bonchev–Trinajstić information content (AvgIpc) is 3.19. The molecule has 7 nitrogen and oxygen atoms in total. The molecule has 3 aromatic carbocycles. The summed E-state index contributed by atoms with van der Waals surface area (Å²) < 4.78 is 27.0. The van der Waals surface area contributed by atoms with Gasteiger partial charge in [-0.15, -0.1) is 5.10 Å². The zero-order chi connectivity index (χ0) is 21.3. The molecule has 9 heteroatoms. The Morgan fingerprint density at radius 3 is 2.40 bits per heavy atom. The Morgan fingerprint density at radius 1 is 0.967 bits per heavy atom. The fraction of sp³-hybridized carbons (Fsp3) is 0.0476. The Balaban J connectivity index is 1.73. The lowest BCUT2D eigenvalue weighted by Gasteiger charge is -2.20. The van der Waals surface area contributed by atoms with Crippen LogP contribution in [0, 0.1) is 5.82 Å². The van der Waals surface area contributed by atoms with Gasteiger partial charge in [0, 0.05) is 11.3 Å². The van der Waals surface area contributed by atoms with Gasteiger partial charge in [-0.1, -0.05) is 41.6 Å². The molecule has 1 aromatic heterocycles. The quantitative estimate of drug-likeness (QED) is 0.331. The van der Waals surface area contributed by atoms with Crippen molar-refractivity contribution in [1.29, 1.82) is 0 Å². The van der Waals surface area contributed by atoms with Crippen LogP contribution in [0.2, 0.25) is 0 Å². The number of aromatic nitrogens is 3. The van der Waals surface area contributed by atoms with Crippen LogP contribution < -0.4 is 5.73 Å². The zero-order valence-electron chi connectivity index (χ0n) is 15.6. The van der Waals surface area contributed by atoms with E-state index in [2.05, 4.69) is 10.3 Å². The highest BCUT2D eigenvalue weighted by Gasteiger charge is 2.32. The van der Waals surface area contributed by atoms with Crippen LogP contribution in [0.1, 0.15) is 16.8 Å². The molecule has 0 fully saturated rings. The minimum absolute atomic E-state index is 0.320. The van der Waals surface area contributed by atoms with Gasteiger partial charge in [-0.25, -0.2) is 9.07 Å². The number of hydrogen-bond acceptors (Lipinski definition) is 4. The van der Waals surface area contributed by atoms with E-state index in [4.69, 9.17) is 5.73 Å². The van der Waals surface area contributed by atoms with Gasteiger partial charge >= 0.3 is 7.60 Å². The Kier molecular flexibility index (Phi) is 5.22. The lowest BCUT2D eigenvalue weighted by atomic mass is 10.0. The van der Waals surface area contributed by atoms with Gasteiger partial charge in [0.05, 0.1) is 11.9 Å². The molecule has 4 aromatic rings. The van der Waals surface area contributed by atoms with E-state index in [-0.39, 0.29) is 0 Å². The predicted octanol–water partition coefficient (Wildman–Crippen LogP) is 3.92. The van der Waals surface area contributed by atoms with Gasteiger partial charge in [0.2, 0.25) is 0 Å². The van der Waals surface area contributed by atoms with Gasteiger partial charge in [-0.2, -0.15) is 0 Å². The highest BCUT2D eigenvalue weighted by atomic mass is 31.2. The normalized spacial score (nSPS) is 12.6. The standard InChI is InChI=1S/C21H18FN4O3P/c22-17-9-7-14(8-10-17)21(30(27,28)29)16-4-2-6-19(12-16)26-13-20(24-25-26)15-3-1-5-18(23)11-15/h1-13,21H,23H2,(H2,27,28,29). The average molecular weight is 424 g/mol. The van der Waals surface area contributed by atoms with Gasteiger partial charge in [0.15, 0.2) is 0 Å². The maximum atomic E-state index is 13.3. The van der Waals surface area contributed by atoms with Gasteiger partial charge in [0.25, 0.3) is 0 Å². The topological polar surface area (TPSA) is 114 Å². The molecule has 1 atom stereocenters. The Hall–Kier alpha value is -3.32. The summed E-state index contributed by atoms with van der Waals surface area (Å²) in [4.78, 5) is 19.9. The van der Waals surface area contributed by atoms with Crippen LogP contribution in [-0.2, 0) is 4.57 Å². The lowest BCUT2D eigenvalue weighted by molar-refractivity contribution is 0.364. The summed E-state index contributed by atoms with van der Waals surface area (Å²) in [5.41, 5.74) is 7.89. The summed E-state index contributed by atoms with van der Waals surface area (Å²) >= 11 is 0. The fourth-order valence-electron chi connectivity index (χ4n) is 3.28. The van der Waals surface area contributed by atoms with Crippen LogP contribution >= 0.6 is 7.60 Å². The summed E-state index contributed by atoms with van der Waals surface area (Å²) in [6.45, 7) is 0. The third-order valence-electron chi connectivity index (χ3n) is 4.65. The molecule has 0 aliphatic rings. The van der Waals surface area contributed by atoms with E-state index in [1.165, 1.54) is 28.9 Å². The van der Waals surface area contributed by atoms with Crippen molar-refractivity contribution in [3.63, 3.8) is 0 Å². The van der Waals surface area contributed by atoms with Gasteiger partial charge < -0.3 is 15.5 Å². The van der Waals surface area contributed by atoms with Crippen LogP contribution in [0.15, 0.2) is 79.0 Å². The molecule has 0 amide bonds. The van der Waals surface area contributed by atoms with Crippen LogP contribution in [0.3, 0.4) is 0 Å². The number of halogens is 1. The van der Waals surface area contributed by atoms with E-state index in [1.807, 2.05) is 12.1 Å². The number of nitrogen functional groups attached to an aromatic ring is 1. The molecule has 152 valence electrons. The number of rotatable bonds is 5. The smallest absolute Gasteiger partial charge is 0.337 e. The molecule has 1 heterocycles. The summed E-state index contributed by atoms with van der Waals surface area (Å²) in [6.07, 6.45) is 1.71. The maximum Gasteiger partial charge on any atom is 0.337 e. The van der Waals surface area contributed by atoms with E-state index >= 15 is 0 Å². The number of hydrogen-bond donors (Lipinski definition) is 3. The second-order valence-electron chi connectivity index (χ2n) is 6.81. The van der Waals surface area contributed by atoms with Crippen molar-refractivity contribution in [1.82, 2.24) is 15.0 Å². The molecule has 0 aliphatic carbocycles. The largest absolute Gasteiger partial charge is 0.399 e. The number of anilines is 1. The molecule has 0 spiro atoms. The second-order valence-corrected chi connectivity index (χ2v) is 8.51. The summed E-state index contributed by atoms with van der Waals surface area (Å²) in [5.74, 6) is -0.478. The Bertz CT molecular complexity index is 1240. The summed E-state index contributed by atoms with van der Waals surface area (Å²) in [6, 6.07) is 19.0. The van der Waals surface area contributed by atoms with Crippen LogP contribution in [0.5, 0.6) is 0 Å². The third kappa shape index (κ3) is 4.16. The fourth-order valence-corrected chi connectivity index (χ4v) is 4.39. The molecule has 0 bridgehead atoms. The Labute approximate surface area is 171 Å². The number of benzene rings is 3.